The van der Waals surface area contributed by atoms with E-state index in [2.05, 4.69) is 13.8 Å². The Bertz CT molecular complexity index is 298. The summed E-state index contributed by atoms with van der Waals surface area (Å²) in [5.74, 6) is 0.243. The van der Waals surface area contributed by atoms with Crippen LogP contribution in [0, 0.1) is 0 Å². The van der Waals surface area contributed by atoms with Crippen LogP contribution in [0.5, 0.6) is 0 Å². The molecular weight excluding hydrogens is 296 g/mol. The molecule has 0 heterocycles. The zero-order valence-corrected chi connectivity index (χ0v) is 15.1. The molecule has 1 aliphatic carbocycles. The van der Waals surface area contributed by atoms with E-state index >= 15 is 0 Å². The van der Waals surface area contributed by atoms with E-state index in [9.17, 15) is 4.79 Å². The topological polar surface area (TPSA) is 54.0 Å². The molecule has 0 bridgehead atoms. The predicted octanol–water partition coefficient (Wildman–Crippen LogP) is 3.14. The van der Waals surface area contributed by atoms with Gasteiger partial charge in [-0.15, -0.1) is 0 Å². The Morgan fingerprint density at radius 3 is 2.09 bits per heavy atom. The number of ketones is 1. The highest BCUT2D eigenvalue weighted by Gasteiger charge is 2.22. The standard InChI is InChI=1S/C18H34O5/c1-4-16(19)9-10-20-11-12-21-13-14-22-17-5-7-18(8-6-17)23-15(2)3/h15,17-18H,4-14H2,1-3H3/t17-,18-. The Morgan fingerprint density at radius 2 is 1.48 bits per heavy atom. The number of hydrogen-bond acceptors (Lipinski definition) is 5. The molecule has 5 heteroatoms. The first-order valence-corrected chi connectivity index (χ1v) is 9.06. The van der Waals surface area contributed by atoms with E-state index in [0.29, 0.717) is 64.2 Å². The van der Waals surface area contributed by atoms with Crippen LogP contribution in [0.4, 0.5) is 0 Å². The molecule has 23 heavy (non-hydrogen) atoms. The van der Waals surface area contributed by atoms with Gasteiger partial charge in [0, 0.05) is 12.8 Å². The van der Waals surface area contributed by atoms with Crippen molar-refractivity contribution in [1.29, 1.82) is 0 Å². The minimum Gasteiger partial charge on any atom is -0.379 e. The van der Waals surface area contributed by atoms with Crippen LogP contribution < -0.4 is 0 Å². The lowest BCUT2D eigenvalue weighted by molar-refractivity contribution is -0.120. The number of ether oxygens (including phenoxy) is 4. The third kappa shape index (κ3) is 10.8. The summed E-state index contributed by atoms with van der Waals surface area (Å²) in [5.41, 5.74) is 0. The molecule has 0 aromatic heterocycles. The Hall–Kier alpha value is -0.490. The predicted molar refractivity (Wildman–Crippen MR) is 89.8 cm³/mol. The van der Waals surface area contributed by atoms with E-state index in [1.165, 1.54) is 0 Å². The van der Waals surface area contributed by atoms with Crippen LogP contribution in [-0.4, -0.2) is 57.1 Å². The average molecular weight is 330 g/mol. The highest BCUT2D eigenvalue weighted by Crippen LogP contribution is 2.24. The van der Waals surface area contributed by atoms with E-state index < -0.39 is 0 Å². The summed E-state index contributed by atoms with van der Waals surface area (Å²) in [6.07, 6.45) is 6.49. The summed E-state index contributed by atoms with van der Waals surface area (Å²) in [7, 11) is 0. The monoisotopic (exact) mass is 330 g/mol. The maximum atomic E-state index is 11.1. The lowest BCUT2D eigenvalue weighted by Gasteiger charge is -2.29. The summed E-state index contributed by atoms with van der Waals surface area (Å²) in [6.45, 7) is 8.86. The Labute approximate surface area is 141 Å². The molecule has 0 atom stereocenters. The number of rotatable bonds is 13. The zero-order chi connectivity index (χ0) is 16.9. The van der Waals surface area contributed by atoms with Gasteiger partial charge in [0.15, 0.2) is 0 Å². The maximum Gasteiger partial charge on any atom is 0.134 e. The second-order valence-corrected chi connectivity index (χ2v) is 6.32. The summed E-state index contributed by atoms with van der Waals surface area (Å²) >= 11 is 0. The van der Waals surface area contributed by atoms with Crippen molar-refractivity contribution < 1.29 is 23.7 Å². The Morgan fingerprint density at radius 1 is 0.913 bits per heavy atom. The molecule has 1 fully saturated rings. The van der Waals surface area contributed by atoms with Crippen molar-refractivity contribution in [3.05, 3.63) is 0 Å². The average Bonchev–Trinajstić information content (AvgIpc) is 2.54. The van der Waals surface area contributed by atoms with Crippen molar-refractivity contribution in [2.24, 2.45) is 0 Å². The van der Waals surface area contributed by atoms with E-state index in [1.54, 1.807) is 0 Å². The second-order valence-electron chi connectivity index (χ2n) is 6.32. The van der Waals surface area contributed by atoms with Gasteiger partial charge in [0.25, 0.3) is 0 Å². The number of carbonyl (C=O) groups is 1. The van der Waals surface area contributed by atoms with Crippen molar-refractivity contribution in [2.45, 2.75) is 77.6 Å². The zero-order valence-electron chi connectivity index (χ0n) is 15.1. The molecule has 5 nitrogen and oxygen atoms in total. The molecular formula is C18H34O5. The molecule has 0 radical (unpaired) electrons. The summed E-state index contributed by atoms with van der Waals surface area (Å²) in [5, 5.41) is 0. The van der Waals surface area contributed by atoms with Gasteiger partial charge in [0.2, 0.25) is 0 Å². The van der Waals surface area contributed by atoms with Crippen LogP contribution >= 0.6 is 0 Å². The first-order valence-electron chi connectivity index (χ1n) is 9.06. The molecule has 136 valence electrons. The first-order chi connectivity index (χ1) is 11.1. The summed E-state index contributed by atoms with van der Waals surface area (Å²) in [4.78, 5) is 11.1. The fourth-order valence-corrected chi connectivity index (χ4v) is 2.68. The van der Waals surface area contributed by atoms with Crippen molar-refractivity contribution in [3.8, 4) is 0 Å². The molecule has 0 aromatic carbocycles. The highest BCUT2D eigenvalue weighted by molar-refractivity contribution is 5.78. The van der Waals surface area contributed by atoms with Gasteiger partial charge in [0.1, 0.15) is 5.78 Å². The van der Waals surface area contributed by atoms with Gasteiger partial charge in [0.05, 0.1) is 51.3 Å². The molecule has 0 N–H and O–H groups in total. The fraction of sp³-hybridized carbons (Fsp3) is 0.944. The van der Waals surface area contributed by atoms with Crippen molar-refractivity contribution in [1.82, 2.24) is 0 Å². The first kappa shape index (κ1) is 20.6. The lowest BCUT2D eigenvalue weighted by atomic mass is 9.95. The van der Waals surface area contributed by atoms with Crippen LogP contribution in [0.15, 0.2) is 0 Å². The van der Waals surface area contributed by atoms with Crippen LogP contribution in [0.1, 0.15) is 59.3 Å². The van der Waals surface area contributed by atoms with E-state index in [4.69, 9.17) is 18.9 Å². The van der Waals surface area contributed by atoms with E-state index in [1.807, 2.05) is 6.92 Å². The molecule has 1 aliphatic rings. The van der Waals surface area contributed by atoms with Gasteiger partial charge >= 0.3 is 0 Å². The molecule has 0 aromatic rings. The van der Waals surface area contributed by atoms with Gasteiger partial charge in [-0.05, 0) is 39.5 Å². The maximum absolute atomic E-state index is 11.1. The Balaban J connectivity index is 1.86. The summed E-state index contributed by atoms with van der Waals surface area (Å²) < 4.78 is 22.5. The third-order valence-corrected chi connectivity index (χ3v) is 3.96. The van der Waals surface area contributed by atoms with Gasteiger partial charge in [-0.2, -0.15) is 0 Å². The van der Waals surface area contributed by atoms with Crippen LogP contribution in [-0.2, 0) is 23.7 Å². The Kier molecular flexibility index (Phi) is 11.5. The smallest absolute Gasteiger partial charge is 0.134 e. The molecule has 1 saturated carbocycles. The molecule has 0 unspecified atom stereocenters. The molecule has 0 saturated heterocycles. The second kappa shape index (κ2) is 12.9. The third-order valence-electron chi connectivity index (χ3n) is 3.96. The van der Waals surface area contributed by atoms with Crippen LogP contribution in [0.3, 0.4) is 0 Å². The number of hydrogen-bond donors (Lipinski definition) is 0. The van der Waals surface area contributed by atoms with Gasteiger partial charge < -0.3 is 18.9 Å². The molecule has 0 aliphatic heterocycles. The quantitative estimate of drug-likeness (QED) is 0.486. The summed E-state index contributed by atoms with van der Waals surface area (Å²) in [6, 6.07) is 0. The van der Waals surface area contributed by atoms with Crippen molar-refractivity contribution >= 4 is 5.78 Å². The largest absolute Gasteiger partial charge is 0.379 e. The molecule has 0 spiro atoms. The molecule has 1 rings (SSSR count). The fourth-order valence-electron chi connectivity index (χ4n) is 2.68. The lowest BCUT2D eigenvalue weighted by Crippen LogP contribution is -2.29. The van der Waals surface area contributed by atoms with Crippen molar-refractivity contribution in [2.75, 3.05) is 33.0 Å². The van der Waals surface area contributed by atoms with Gasteiger partial charge in [-0.3, -0.25) is 4.79 Å². The van der Waals surface area contributed by atoms with Crippen molar-refractivity contribution in [3.63, 3.8) is 0 Å². The SMILES string of the molecule is CCC(=O)CCOCCOCCO[C@H]1CC[C@H](OC(C)C)CC1. The normalized spacial score (nSPS) is 21.7. The van der Waals surface area contributed by atoms with Gasteiger partial charge in [-0.1, -0.05) is 6.92 Å². The minimum atomic E-state index is 0.243. The number of Topliss-reactive ketones (excluding diaryl/α,β-unsaturated/α-hetero) is 1. The number of carbonyl (C=O) groups excluding carboxylic acids is 1. The van der Waals surface area contributed by atoms with E-state index in [0.717, 1.165) is 25.7 Å². The van der Waals surface area contributed by atoms with E-state index in [-0.39, 0.29) is 5.78 Å². The van der Waals surface area contributed by atoms with Gasteiger partial charge in [-0.25, -0.2) is 0 Å². The van der Waals surface area contributed by atoms with Crippen LogP contribution in [0.2, 0.25) is 0 Å². The highest BCUT2D eigenvalue weighted by atomic mass is 16.5. The molecule has 0 amide bonds. The minimum absolute atomic E-state index is 0.243. The van der Waals surface area contributed by atoms with Crippen LogP contribution in [0.25, 0.3) is 0 Å².